The third kappa shape index (κ3) is 3.73. The van der Waals surface area contributed by atoms with Crippen LogP contribution in [-0.2, 0) is 6.54 Å². The number of piperidine rings is 1. The number of hydrogen-bond donors (Lipinski definition) is 0. The van der Waals surface area contributed by atoms with Crippen LogP contribution in [0.2, 0.25) is 0 Å². The molecule has 27 heavy (non-hydrogen) atoms. The topological polar surface area (TPSA) is 49.3 Å². The summed E-state index contributed by atoms with van der Waals surface area (Å²) in [5.41, 5.74) is 2.28. The lowest BCUT2D eigenvalue weighted by Crippen LogP contribution is -2.34. The van der Waals surface area contributed by atoms with E-state index in [1.165, 1.54) is 16.9 Å². The Morgan fingerprint density at radius 1 is 1.22 bits per heavy atom. The summed E-state index contributed by atoms with van der Waals surface area (Å²) >= 11 is 1.53. The van der Waals surface area contributed by atoms with Crippen molar-refractivity contribution >= 4 is 27.5 Å². The van der Waals surface area contributed by atoms with E-state index in [2.05, 4.69) is 27.0 Å². The van der Waals surface area contributed by atoms with Crippen molar-refractivity contribution in [3.05, 3.63) is 58.9 Å². The Balaban J connectivity index is 1.66. The van der Waals surface area contributed by atoms with E-state index in [-0.39, 0.29) is 5.91 Å². The molecule has 0 N–H and O–H groups in total. The molecule has 1 amide bonds. The first-order valence-corrected chi connectivity index (χ1v) is 10.2. The Morgan fingerprint density at radius 2 is 2.07 bits per heavy atom. The second-order valence-electron chi connectivity index (χ2n) is 7.30. The van der Waals surface area contributed by atoms with Crippen molar-refractivity contribution in [2.45, 2.75) is 25.3 Å². The average molecular weight is 381 g/mol. The van der Waals surface area contributed by atoms with Gasteiger partial charge in [0.25, 0.3) is 5.91 Å². The Morgan fingerprint density at radius 3 is 2.85 bits per heavy atom. The zero-order valence-corrected chi connectivity index (χ0v) is 16.6. The smallest absolute Gasteiger partial charge is 0.263 e. The van der Waals surface area contributed by atoms with E-state index in [0.29, 0.717) is 5.92 Å². The van der Waals surface area contributed by atoms with Crippen LogP contribution < -0.4 is 0 Å². The molecule has 1 aliphatic heterocycles. The summed E-state index contributed by atoms with van der Waals surface area (Å²) in [5.74, 6) is 0.425. The third-order valence-corrected chi connectivity index (χ3v) is 6.25. The zero-order chi connectivity index (χ0) is 18.8. The number of nitrogens with zero attached hydrogens (tertiary/aromatic N) is 4. The van der Waals surface area contributed by atoms with Gasteiger partial charge in [0.1, 0.15) is 4.83 Å². The summed E-state index contributed by atoms with van der Waals surface area (Å²) < 4.78 is 0. The van der Waals surface area contributed by atoms with Crippen LogP contribution in [0.5, 0.6) is 0 Å². The fourth-order valence-electron chi connectivity index (χ4n) is 3.87. The van der Waals surface area contributed by atoms with E-state index in [9.17, 15) is 4.79 Å². The average Bonchev–Trinajstić information content (AvgIpc) is 3.07. The van der Waals surface area contributed by atoms with Crippen molar-refractivity contribution in [3.63, 3.8) is 0 Å². The molecule has 1 atom stereocenters. The van der Waals surface area contributed by atoms with Gasteiger partial charge in [-0.2, -0.15) is 0 Å². The summed E-state index contributed by atoms with van der Waals surface area (Å²) in [7, 11) is 3.64. The van der Waals surface area contributed by atoms with Gasteiger partial charge in [0.05, 0.1) is 10.6 Å². The lowest BCUT2D eigenvalue weighted by Gasteiger charge is -2.33. The van der Waals surface area contributed by atoms with Crippen LogP contribution in [0.25, 0.3) is 10.2 Å². The second-order valence-corrected chi connectivity index (χ2v) is 8.29. The first-order chi connectivity index (χ1) is 13.1. The second kappa shape index (κ2) is 7.74. The Kier molecular flexibility index (Phi) is 5.18. The monoisotopic (exact) mass is 380 g/mol. The number of fused-ring (bicyclic) bond motifs is 1. The molecule has 0 saturated carbocycles. The highest BCUT2D eigenvalue weighted by atomic mass is 32.1. The van der Waals surface area contributed by atoms with Crippen LogP contribution in [0.3, 0.4) is 0 Å². The predicted molar refractivity (Wildman–Crippen MR) is 109 cm³/mol. The van der Waals surface area contributed by atoms with Gasteiger partial charge >= 0.3 is 0 Å². The Bertz CT molecular complexity index is 938. The van der Waals surface area contributed by atoms with E-state index < -0.39 is 0 Å². The molecule has 5 nitrogen and oxygen atoms in total. The zero-order valence-electron chi connectivity index (χ0n) is 15.8. The van der Waals surface area contributed by atoms with E-state index in [1.54, 1.807) is 11.1 Å². The molecular weight excluding hydrogens is 356 g/mol. The number of carbonyl (C=O) groups excluding carboxylic acids is 1. The molecule has 3 aromatic rings. The molecular formula is C21H24N4OS. The van der Waals surface area contributed by atoms with Crippen molar-refractivity contribution in [3.8, 4) is 0 Å². The maximum Gasteiger partial charge on any atom is 0.263 e. The van der Waals surface area contributed by atoms with E-state index >= 15 is 0 Å². The van der Waals surface area contributed by atoms with Crippen LogP contribution >= 0.6 is 11.3 Å². The molecule has 1 aliphatic rings. The maximum atomic E-state index is 12.8. The number of likely N-dealkylation sites (tertiary alicyclic amines) is 1. The molecule has 1 fully saturated rings. The molecule has 6 heteroatoms. The number of aromatic nitrogens is 2. The van der Waals surface area contributed by atoms with Crippen molar-refractivity contribution in [1.82, 2.24) is 19.8 Å². The summed E-state index contributed by atoms with van der Waals surface area (Å²) in [6.45, 7) is 2.88. The molecule has 0 aliphatic carbocycles. The number of hydrogen-bond acceptors (Lipinski definition) is 5. The van der Waals surface area contributed by atoms with Crippen LogP contribution in [0.15, 0.2) is 42.7 Å². The molecule has 0 radical (unpaired) electrons. The highest BCUT2D eigenvalue weighted by Crippen LogP contribution is 2.39. The van der Waals surface area contributed by atoms with Gasteiger partial charge in [-0.3, -0.25) is 14.7 Å². The molecule has 0 spiro atoms. The lowest BCUT2D eigenvalue weighted by atomic mass is 9.88. The van der Waals surface area contributed by atoms with Gasteiger partial charge in [-0.05, 0) is 49.1 Å². The first-order valence-electron chi connectivity index (χ1n) is 9.35. The normalized spacial score (nSPS) is 17.9. The largest absolute Gasteiger partial charge is 0.344 e. The number of carbonyl (C=O) groups is 1. The van der Waals surface area contributed by atoms with E-state index in [1.807, 2.05) is 38.5 Å². The molecule has 3 aromatic heterocycles. The SMILES string of the molecule is CN(C)C(=O)c1sc2ncccc2c1[C@@H]1CCCN(Cc2ccccn2)C1. The fraction of sp³-hybridized carbons (Fsp3) is 0.381. The number of pyridine rings is 2. The van der Waals surface area contributed by atoms with Crippen molar-refractivity contribution in [1.29, 1.82) is 0 Å². The first kappa shape index (κ1) is 18.1. The minimum absolute atomic E-state index is 0.0786. The van der Waals surface area contributed by atoms with E-state index in [0.717, 1.165) is 53.3 Å². The molecule has 0 aromatic carbocycles. The summed E-state index contributed by atoms with van der Waals surface area (Å²) in [6, 6.07) is 10.1. The number of amides is 1. The summed E-state index contributed by atoms with van der Waals surface area (Å²) in [5, 5.41) is 1.14. The van der Waals surface area contributed by atoms with Gasteiger partial charge in [0, 0.05) is 45.0 Å². The van der Waals surface area contributed by atoms with Gasteiger partial charge in [0.15, 0.2) is 0 Å². The number of thiophene rings is 1. The lowest BCUT2D eigenvalue weighted by molar-refractivity contribution is 0.0830. The highest BCUT2D eigenvalue weighted by Gasteiger charge is 2.29. The molecule has 0 unspecified atom stereocenters. The molecule has 1 saturated heterocycles. The van der Waals surface area contributed by atoms with Crippen LogP contribution in [0, 0.1) is 0 Å². The summed E-state index contributed by atoms with van der Waals surface area (Å²) in [6.07, 6.45) is 5.89. The standard InChI is InChI=1S/C21H24N4OS/c1-24(2)21(26)19-18(17-9-5-11-23-20(17)27-19)15-7-6-12-25(13-15)14-16-8-3-4-10-22-16/h3-5,8-11,15H,6-7,12-14H2,1-2H3/t15-/m1/s1. The minimum atomic E-state index is 0.0786. The Hall–Kier alpha value is -2.31. The number of rotatable bonds is 4. The maximum absolute atomic E-state index is 12.8. The highest BCUT2D eigenvalue weighted by molar-refractivity contribution is 7.20. The van der Waals surface area contributed by atoms with Crippen LogP contribution in [0.4, 0.5) is 0 Å². The van der Waals surface area contributed by atoms with Gasteiger partial charge in [-0.25, -0.2) is 4.98 Å². The van der Waals surface area contributed by atoms with Gasteiger partial charge < -0.3 is 4.90 Å². The van der Waals surface area contributed by atoms with Gasteiger partial charge in [-0.15, -0.1) is 11.3 Å². The Labute approximate surface area is 163 Å². The van der Waals surface area contributed by atoms with Crippen molar-refractivity contribution in [2.24, 2.45) is 0 Å². The van der Waals surface area contributed by atoms with Gasteiger partial charge in [0.2, 0.25) is 0 Å². The predicted octanol–water partition coefficient (Wildman–Crippen LogP) is 3.77. The fourth-order valence-corrected chi connectivity index (χ4v) is 5.13. The van der Waals surface area contributed by atoms with Crippen LogP contribution in [0.1, 0.15) is 39.7 Å². The van der Waals surface area contributed by atoms with Gasteiger partial charge in [-0.1, -0.05) is 12.1 Å². The van der Waals surface area contributed by atoms with E-state index in [4.69, 9.17) is 0 Å². The van der Waals surface area contributed by atoms with Crippen molar-refractivity contribution in [2.75, 3.05) is 27.2 Å². The van der Waals surface area contributed by atoms with Crippen LogP contribution in [-0.4, -0.2) is 52.9 Å². The van der Waals surface area contributed by atoms with Crippen molar-refractivity contribution < 1.29 is 4.79 Å². The third-order valence-electron chi connectivity index (χ3n) is 5.13. The molecule has 4 rings (SSSR count). The molecule has 4 heterocycles. The minimum Gasteiger partial charge on any atom is -0.344 e. The summed E-state index contributed by atoms with van der Waals surface area (Å²) in [4.78, 5) is 27.7. The quantitative estimate of drug-likeness (QED) is 0.691. The molecule has 140 valence electrons. The molecule has 0 bridgehead atoms.